The van der Waals surface area contributed by atoms with Crippen LogP contribution in [-0.4, -0.2) is 28.1 Å². The number of carbonyl (C=O) groups excluding carboxylic acids is 1. The molecule has 0 saturated heterocycles. The first kappa shape index (κ1) is 21.9. The molecule has 31 heavy (non-hydrogen) atoms. The van der Waals surface area contributed by atoms with Crippen molar-refractivity contribution in [2.45, 2.75) is 58.4 Å². The van der Waals surface area contributed by atoms with Crippen LogP contribution in [0.4, 0.5) is 0 Å². The van der Waals surface area contributed by atoms with Gasteiger partial charge in [0.2, 0.25) is 0 Å². The van der Waals surface area contributed by atoms with Crippen LogP contribution in [-0.2, 0) is 4.79 Å². The molecule has 0 aliphatic heterocycles. The van der Waals surface area contributed by atoms with Crippen molar-refractivity contribution < 1.29 is 19.8 Å². The molecule has 1 aromatic carbocycles. The average Bonchev–Trinajstić information content (AvgIpc) is 3.16. The van der Waals surface area contributed by atoms with Gasteiger partial charge in [-0.2, -0.15) is 0 Å². The highest BCUT2D eigenvalue weighted by atomic mass is 32.1. The quantitative estimate of drug-likeness (QED) is 0.368. The predicted molar refractivity (Wildman–Crippen MR) is 123 cm³/mol. The lowest BCUT2D eigenvalue weighted by Gasteiger charge is -2.62. The number of fused-ring (bicyclic) bond motifs is 3. The van der Waals surface area contributed by atoms with Gasteiger partial charge in [0, 0.05) is 23.2 Å². The van der Waals surface area contributed by atoms with Crippen LogP contribution < -0.4 is 5.32 Å². The smallest absolute Gasteiger partial charge is 0.303 e. The summed E-state index contributed by atoms with van der Waals surface area (Å²) in [6.45, 7) is 4.64. The van der Waals surface area contributed by atoms with Crippen LogP contribution in [0.25, 0.3) is 10.1 Å². The fraction of sp³-hybridized carbons (Fsp3) is 0.520. The monoisotopic (exact) mass is 441 g/mol. The fourth-order valence-electron chi connectivity index (χ4n) is 5.57. The zero-order valence-electron chi connectivity index (χ0n) is 18.1. The number of nitrogens with one attached hydrogen (secondary N) is 1. The fourth-order valence-corrected chi connectivity index (χ4v) is 6.54. The first-order chi connectivity index (χ1) is 14.8. The van der Waals surface area contributed by atoms with E-state index in [1.165, 1.54) is 17.8 Å². The number of unbranched alkanes of at least 4 members (excludes halogenated alkanes) is 1. The third-order valence-corrected chi connectivity index (χ3v) is 8.58. The molecule has 4 atom stereocenters. The summed E-state index contributed by atoms with van der Waals surface area (Å²) in [5.74, 6) is 0.982. The maximum Gasteiger partial charge on any atom is 0.303 e. The lowest BCUT2D eigenvalue weighted by molar-refractivity contribution is -0.137. The Hall–Kier alpha value is -2.34. The first-order valence-corrected chi connectivity index (χ1v) is 12.0. The minimum Gasteiger partial charge on any atom is -0.506 e. The number of thiophene rings is 1. The van der Waals surface area contributed by atoms with E-state index in [1.807, 2.05) is 11.4 Å². The Balaban J connectivity index is 1.46. The maximum absolute atomic E-state index is 13.2. The van der Waals surface area contributed by atoms with Gasteiger partial charge in [0.15, 0.2) is 0 Å². The maximum atomic E-state index is 13.2. The number of phenols is 1. The van der Waals surface area contributed by atoms with Gasteiger partial charge in [-0.15, -0.1) is 11.3 Å². The van der Waals surface area contributed by atoms with Crippen molar-refractivity contribution in [2.75, 3.05) is 0 Å². The number of aliphatic carboxylic acids is 1. The Kier molecular flexibility index (Phi) is 6.11. The van der Waals surface area contributed by atoms with Gasteiger partial charge in [-0.1, -0.05) is 38.1 Å². The van der Waals surface area contributed by atoms with Crippen LogP contribution in [0, 0.1) is 23.2 Å². The zero-order chi connectivity index (χ0) is 22.2. The van der Waals surface area contributed by atoms with Crippen molar-refractivity contribution in [3.63, 3.8) is 0 Å². The van der Waals surface area contributed by atoms with E-state index in [9.17, 15) is 14.7 Å². The summed E-state index contributed by atoms with van der Waals surface area (Å²) >= 11 is 1.40. The Morgan fingerprint density at radius 1 is 1.26 bits per heavy atom. The second-order valence-electron chi connectivity index (χ2n) is 9.65. The molecule has 2 bridgehead atoms. The molecule has 3 saturated carbocycles. The van der Waals surface area contributed by atoms with E-state index in [1.54, 1.807) is 12.1 Å². The molecule has 1 amide bonds. The van der Waals surface area contributed by atoms with Crippen molar-refractivity contribution >= 4 is 33.3 Å². The Morgan fingerprint density at radius 3 is 2.81 bits per heavy atom. The number of hydrogen-bond acceptors (Lipinski definition) is 4. The molecule has 166 valence electrons. The first-order valence-electron chi connectivity index (χ1n) is 11.2. The summed E-state index contributed by atoms with van der Waals surface area (Å²) in [5, 5.41) is 24.8. The van der Waals surface area contributed by atoms with Crippen LogP contribution in [0.2, 0.25) is 0 Å². The minimum atomic E-state index is -0.750. The Morgan fingerprint density at radius 2 is 2.06 bits per heavy atom. The van der Waals surface area contributed by atoms with Crippen LogP contribution in [0.15, 0.2) is 35.7 Å². The SMILES string of the molecule is CC1(C)[C@@H]2C[C@H](C/C=C/CCCC(=O)O)[C@H](NC(=O)c3csc4c(O)cccc34)[C@H]1C2. The summed E-state index contributed by atoms with van der Waals surface area (Å²) < 4.78 is 0.751. The number of amides is 1. The molecule has 2 aromatic rings. The van der Waals surface area contributed by atoms with Gasteiger partial charge in [0.1, 0.15) is 5.75 Å². The van der Waals surface area contributed by atoms with E-state index in [4.69, 9.17) is 5.11 Å². The average molecular weight is 442 g/mol. The van der Waals surface area contributed by atoms with Crippen molar-refractivity contribution in [2.24, 2.45) is 23.2 Å². The number of hydrogen-bond donors (Lipinski definition) is 3. The topological polar surface area (TPSA) is 86.6 Å². The normalized spacial score (nSPS) is 26.6. The minimum absolute atomic E-state index is 0.0570. The standard InChI is InChI=1S/C25H31NO4S/c1-25(2)16-12-15(8-5-3-4-6-11-21(28)29)22(19(25)13-16)26-24(30)18-14-31-23-17(18)9-7-10-20(23)27/h3,5,7,9-10,14-16,19,22,27H,4,6,8,11-13H2,1-2H3,(H,26,30)(H,28,29)/b5-3+/t15-,16+,19+,22-/m0/s1. The number of rotatable bonds is 8. The molecule has 1 aromatic heterocycles. The van der Waals surface area contributed by atoms with Gasteiger partial charge in [0.25, 0.3) is 5.91 Å². The highest BCUT2D eigenvalue weighted by molar-refractivity contribution is 7.18. The number of aromatic hydroxyl groups is 1. The number of benzene rings is 1. The molecule has 0 spiro atoms. The van der Waals surface area contributed by atoms with Gasteiger partial charge >= 0.3 is 5.97 Å². The van der Waals surface area contributed by atoms with Gasteiger partial charge in [0.05, 0.1) is 10.3 Å². The highest BCUT2D eigenvalue weighted by Crippen LogP contribution is 2.61. The molecule has 6 heteroatoms. The summed E-state index contributed by atoms with van der Waals surface area (Å²) in [4.78, 5) is 23.9. The zero-order valence-corrected chi connectivity index (χ0v) is 19.0. The molecule has 3 N–H and O–H groups in total. The van der Waals surface area contributed by atoms with Gasteiger partial charge in [-0.05, 0) is 61.3 Å². The van der Waals surface area contributed by atoms with E-state index in [-0.39, 0.29) is 29.5 Å². The van der Waals surface area contributed by atoms with E-state index in [0.717, 1.165) is 29.3 Å². The van der Waals surface area contributed by atoms with Crippen molar-refractivity contribution in [1.82, 2.24) is 5.32 Å². The predicted octanol–water partition coefficient (Wildman–Crippen LogP) is 5.59. The Labute approximate surface area is 187 Å². The van der Waals surface area contributed by atoms with Gasteiger partial charge < -0.3 is 15.5 Å². The van der Waals surface area contributed by atoms with Crippen LogP contribution in [0.5, 0.6) is 5.75 Å². The molecule has 5 rings (SSSR count). The molecular weight excluding hydrogens is 410 g/mol. The molecule has 5 nitrogen and oxygen atoms in total. The number of carboxylic acid groups (broad SMARTS) is 1. The highest BCUT2D eigenvalue weighted by Gasteiger charge is 2.57. The van der Waals surface area contributed by atoms with Crippen molar-refractivity contribution in [3.8, 4) is 5.75 Å². The Bertz CT molecular complexity index is 1010. The van der Waals surface area contributed by atoms with Crippen LogP contribution in [0.3, 0.4) is 0 Å². The second kappa shape index (κ2) is 8.65. The number of carboxylic acids is 1. The number of phenolic OH excluding ortho intramolecular Hbond substituents is 1. The van der Waals surface area contributed by atoms with E-state index < -0.39 is 5.97 Å². The lowest BCUT2D eigenvalue weighted by Crippen LogP contribution is -2.63. The molecule has 0 unspecified atom stereocenters. The van der Waals surface area contributed by atoms with E-state index in [2.05, 4.69) is 31.3 Å². The molecule has 3 fully saturated rings. The largest absolute Gasteiger partial charge is 0.506 e. The molecule has 3 aliphatic carbocycles. The van der Waals surface area contributed by atoms with Gasteiger partial charge in [-0.25, -0.2) is 0 Å². The second-order valence-corrected chi connectivity index (χ2v) is 10.5. The van der Waals surface area contributed by atoms with Crippen LogP contribution in [0.1, 0.15) is 62.7 Å². The summed E-state index contributed by atoms with van der Waals surface area (Å²) in [6.07, 6.45) is 9.08. The summed E-state index contributed by atoms with van der Waals surface area (Å²) in [6, 6.07) is 5.45. The van der Waals surface area contributed by atoms with E-state index in [0.29, 0.717) is 29.7 Å². The van der Waals surface area contributed by atoms with Crippen molar-refractivity contribution in [1.29, 1.82) is 0 Å². The van der Waals surface area contributed by atoms with Crippen LogP contribution >= 0.6 is 11.3 Å². The molecule has 3 aliphatic rings. The third-order valence-electron chi connectivity index (χ3n) is 7.56. The summed E-state index contributed by atoms with van der Waals surface area (Å²) in [7, 11) is 0. The van der Waals surface area contributed by atoms with Gasteiger partial charge in [-0.3, -0.25) is 9.59 Å². The van der Waals surface area contributed by atoms with Crippen molar-refractivity contribution in [3.05, 3.63) is 41.3 Å². The number of carbonyl (C=O) groups is 2. The third kappa shape index (κ3) is 4.22. The lowest BCUT2D eigenvalue weighted by atomic mass is 9.44. The van der Waals surface area contributed by atoms with E-state index >= 15 is 0 Å². The molecule has 0 radical (unpaired) electrons. The molecular formula is C25H31NO4S. The molecule has 1 heterocycles. The summed E-state index contributed by atoms with van der Waals surface area (Å²) in [5.41, 5.74) is 0.882. The number of allylic oxidation sites excluding steroid dienone is 2.